The van der Waals surface area contributed by atoms with Crippen molar-refractivity contribution in [2.45, 2.75) is 38.3 Å². The van der Waals surface area contributed by atoms with E-state index in [-0.39, 0.29) is 12.3 Å². The fraction of sp³-hybridized carbons (Fsp3) is 0.750. The van der Waals surface area contributed by atoms with Crippen LogP contribution in [-0.2, 0) is 6.54 Å². The van der Waals surface area contributed by atoms with Crippen LogP contribution in [0.3, 0.4) is 0 Å². The van der Waals surface area contributed by atoms with E-state index in [1.165, 1.54) is 19.0 Å². The average Bonchev–Trinajstić information content (AvgIpc) is 3.02. The molecule has 7 nitrogen and oxygen atoms in total. The standard InChI is InChI=1S/C12H20N4O3/c17-8-2-4-10-3-1-5-15(10)6-7-16-9-11(12(18)19)13-14-16/h9-10,17H,1-8H2,(H,18,19). The lowest BCUT2D eigenvalue weighted by atomic mass is 10.1. The van der Waals surface area contributed by atoms with Crippen molar-refractivity contribution in [3.05, 3.63) is 11.9 Å². The van der Waals surface area contributed by atoms with Gasteiger partial charge in [-0.15, -0.1) is 5.10 Å². The van der Waals surface area contributed by atoms with Crippen LogP contribution in [0.4, 0.5) is 0 Å². The normalized spacial score (nSPS) is 19.9. The summed E-state index contributed by atoms with van der Waals surface area (Å²) in [6, 6.07) is 0.537. The average molecular weight is 268 g/mol. The van der Waals surface area contributed by atoms with Gasteiger partial charge in [0.1, 0.15) is 0 Å². The van der Waals surface area contributed by atoms with Gasteiger partial charge < -0.3 is 10.2 Å². The second-order valence-corrected chi connectivity index (χ2v) is 4.87. The summed E-state index contributed by atoms with van der Waals surface area (Å²) in [5.41, 5.74) is -0.0155. The molecular weight excluding hydrogens is 248 g/mol. The lowest BCUT2D eigenvalue weighted by Crippen LogP contribution is -2.32. The van der Waals surface area contributed by atoms with Gasteiger partial charge in [0.2, 0.25) is 0 Å². The highest BCUT2D eigenvalue weighted by molar-refractivity contribution is 5.84. The number of likely N-dealkylation sites (tertiary alicyclic amines) is 1. The van der Waals surface area contributed by atoms with E-state index >= 15 is 0 Å². The Morgan fingerprint density at radius 2 is 2.32 bits per heavy atom. The number of carboxylic acid groups (broad SMARTS) is 1. The maximum absolute atomic E-state index is 10.7. The van der Waals surface area contributed by atoms with Crippen LogP contribution in [0.2, 0.25) is 0 Å². The van der Waals surface area contributed by atoms with Gasteiger partial charge >= 0.3 is 5.97 Å². The number of nitrogens with zero attached hydrogens (tertiary/aromatic N) is 4. The summed E-state index contributed by atoms with van der Waals surface area (Å²) in [6.45, 7) is 2.81. The lowest BCUT2D eigenvalue weighted by molar-refractivity contribution is 0.0690. The number of hydrogen-bond donors (Lipinski definition) is 2. The van der Waals surface area contributed by atoms with Crippen molar-refractivity contribution in [1.29, 1.82) is 0 Å². The molecule has 0 aliphatic carbocycles. The Hall–Kier alpha value is -1.47. The van der Waals surface area contributed by atoms with E-state index in [0.717, 1.165) is 25.9 Å². The summed E-state index contributed by atoms with van der Waals surface area (Å²) in [4.78, 5) is 13.1. The molecule has 2 rings (SSSR count). The van der Waals surface area contributed by atoms with Gasteiger partial charge in [0.15, 0.2) is 5.69 Å². The summed E-state index contributed by atoms with van der Waals surface area (Å²) >= 11 is 0. The summed E-state index contributed by atoms with van der Waals surface area (Å²) in [5.74, 6) is -1.05. The molecule has 0 saturated carbocycles. The molecule has 1 atom stereocenters. The molecule has 1 fully saturated rings. The smallest absolute Gasteiger partial charge is 0.358 e. The molecule has 0 radical (unpaired) electrons. The first kappa shape index (κ1) is 14.0. The molecule has 1 aliphatic heterocycles. The van der Waals surface area contributed by atoms with Gasteiger partial charge in [-0.3, -0.25) is 9.58 Å². The maximum Gasteiger partial charge on any atom is 0.358 e. The van der Waals surface area contributed by atoms with Crippen molar-refractivity contribution in [2.24, 2.45) is 0 Å². The molecule has 1 aromatic heterocycles. The van der Waals surface area contributed by atoms with Crippen LogP contribution < -0.4 is 0 Å². The predicted octanol–water partition coefficient (Wildman–Crippen LogP) is 0.213. The van der Waals surface area contributed by atoms with Gasteiger partial charge in [-0.05, 0) is 32.2 Å². The van der Waals surface area contributed by atoms with Crippen molar-refractivity contribution in [1.82, 2.24) is 19.9 Å². The first-order valence-corrected chi connectivity index (χ1v) is 6.69. The van der Waals surface area contributed by atoms with E-state index in [1.807, 2.05) is 0 Å². The summed E-state index contributed by atoms with van der Waals surface area (Å²) in [5, 5.41) is 25.0. The second-order valence-electron chi connectivity index (χ2n) is 4.87. The van der Waals surface area contributed by atoms with E-state index in [9.17, 15) is 4.79 Å². The van der Waals surface area contributed by atoms with E-state index in [1.54, 1.807) is 4.68 Å². The van der Waals surface area contributed by atoms with Crippen LogP contribution in [0.15, 0.2) is 6.20 Å². The summed E-state index contributed by atoms with van der Waals surface area (Å²) < 4.78 is 1.57. The topological polar surface area (TPSA) is 91.5 Å². The molecule has 1 saturated heterocycles. The molecule has 19 heavy (non-hydrogen) atoms. The minimum atomic E-state index is -1.05. The number of aliphatic hydroxyl groups excluding tert-OH is 1. The highest BCUT2D eigenvalue weighted by atomic mass is 16.4. The highest BCUT2D eigenvalue weighted by Gasteiger charge is 2.23. The van der Waals surface area contributed by atoms with Crippen LogP contribution in [-0.4, -0.2) is 61.8 Å². The number of aromatic carboxylic acids is 1. The largest absolute Gasteiger partial charge is 0.476 e. The Labute approximate surface area is 111 Å². The molecule has 106 valence electrons. The highest BCUT2D eigenvalue weighted by Crippen LogP contribution is 2.20. The fourth-order valence-electron chi connectivity index (χ4n) is 2.58. The van der Waals surface area contributed by atoms with Crippen molar-refractivity contribution >= 4 is 5.97 Å². The number of aliphatic hydroxyl groups is 1. The SMILES string of the molecule is O=C(O)c1cn(CCN2CCCC2CCCO)nn1. The molecule has 0 bridgehead atoms. The monoisotopic (exact) mass is 268 g/mol. The number of rotatable bonds is 7. The number of aromatic nitrogens is 3. The molecule has 0 spiro atoms. The first-order valence-electron chi connectivity index (χ1n) is 6.69. The van der Waals surface area contributed by atoms with Crippen molar-refractivity contribution in [3.63, 3.8) is 0 Å². The third-order valence-electron chi connectivity index (χ3n) is 3.57. The van der Waals surface area contributed by atoms with Crippen LogP contribution >= 0.6 is 0 Å². The van der Waals surface area contributed by atoms with E-state index < -0.39 is 5.97 Å². The third-order valence-corrected chi connectivity index (χ3v) is 3.57. The number of carboxylic acids is 1. The molecule has 0 aromatic carbocycles. The van der Waals surface area contributed by atoms with Gasteiger partial charge in [-0.1, -0.05) is 5.21 Å². The summed E-state index contributed by atoms with van der Waals surface area (Å²) in [6.07, 6.45) is 5.69. The second kappa shape index (κ2) is 6.63. The molecule has 1 aliphatic rings. The quantitative estimate of drug-likeness (QED) is 0.734. The first-order chi connectivity index (χ1) is 9.20. The van der Waals surface area contributed by atoms with E-state index in [0.29, 0.717) is 12.6 Å². The van der Waals surface area contributed by atoms with E-state index in [2.05, 4.69) is 15.2 Å². The Kier molecular flexibility index (Phi) is 4.86. The van der Waals surface area contributed by atoms with Gasteiger partial charge in [0.05, 0.1) is 12.7 Å². The molecule has 7 heteroatoms. The Bertz CT molecular complexity index is 421. The maximum atomic E-state index is 10.7. The minimum Gasteiger partial charge on any atom is -0.476 e. The minimum absolute atomic E-state index is 0.0155. The predicted molar refractivity (Wildman–Crippen MR) is 67.9 cm³/mol. The Balaban J connectivity index is 1.81. The zero-order valence-corrected chi connectivity index (χ0v) is 10.9. The molecule has 2 N–H and O–H groups in total. The van der Waals surface area contributed by atoms with Crippen molar-refractivity contribution in [3.8, 4) is 0 Å². The fourth-order valence-corrected chi connectivity index (χ4v) is 2.58. The molecule has 1 unspecified atom stereocenters. The van der Waals surface area contributed by atoms with Gasteiger partial charge in [0.25, 0.3) is 0 Å². The van der Waals surface area contributed by atoms with E-state index in [4.69, 9.17) is 10.2 Å². The van der Waals surface area contributed by atoms with Crippen LogP contribution in [0.25, 0.3) is 0 Å². The van der Waals surface area contributed by atoms with Gasteiger partial charge in [-0.25, -0.2) is 4.79 Å². The van der Waals surface area contributed by atoms with Crippen molar-refractivity contribution in [2.75, 3.05) is 19.7 Å². The van der Waals surface area contributed by atoms with Gasteiger partial charge in [-0.2, -0.15) is 0 Å². The Morgan fingerprint density at radius 1 is 1.47 bits per heavy atom. The molecular formula is C12H20N4O3. The molecule has 2 heterocycles. The molecule has 1 aromatic rings. The van der Waals surface area contributed by atoms with Crippen LogP contribution in [0.5, 0.6) is 0 Å². The Morgan fingerprint density at radius 3 is 3.00 bits per heavy atom. The van der Waals surface area contributed by atoms with Crippen LogP contribution in [0.1, 0.15) is 36.2 Å². The zero-order chi connectivity index (χ0) is 13.7. The molecule has 0 amide bonds. The third kappa shape index (κ3) is 3.74. The lowest BCUT2D eigenvalue weighted by Gasteiger charge is -2.23. The van der Waals surface area contributed by atoms with Crippen LogP contribution in [0, 0.1) is 0 Å². The van der Waals surface area contributed by atoms with Gasteiger partial charge in [0, 0.05) is 19.2 Å². The zero-order valence-electron chi connectivity index (χ0n) is 10.9. The van der Waals surface area contributed by atoms with Crippen molar-refractivity contribution < 1.29 is 15.0 Å². The summed E-state index contributed by atoms with van der Waals surface area (Å²) in [7, 11) is 0. The number of hydrogen-bond acceptors (Lipinski definition) is 5. The number of carbonyl (C=O) groups is 1.